The van der Waals surface area contributed by atoms with Gasteiger partial charge in [0.15, 0.2) is 18.9 Å². The molecular formula is C46H85BN3O8P. The molecule has 3 saturated heterocycles. The maximum atomic E-state index is 11.5. The number of aliphatic hydroxyl groups excluding tert-OH is 1. The summed E-state index contributed by atoms with van der Waals surface area (Å²) in [6, 6.07) is -0.422. The predicted molar refractivity (Wildman–Crippen MR) is 240 cm³/mol. The van der Waals surface area contributed by atoms with E-state index in [4.69, 9.17) is 40.5 Å². The predicted octanol–water partition coefficient (Wildman–Crippen LogP) is 11.8. The average molecular weight is 850 g/mol. The third-order valence-electron chi connectivity index (χ3n) is 13.6. The quantitative estimate of drug-likeness (QED) is 0.0164. The van der Waals surface area contributed by atoms with Gasteiger partial charge < -0.3 is 38.1 Å². The van der Waals surface area contributed by atoms with Crippen molar-refractivity contribution < 1.29 is 38.1 Å². The second-order valence-electron chi connectivity index (χ2n) is 18.2. The van der Waals surface area contributed by atoms with Crippen LogP contribution in [0.3, 0.4) is 0 Å². The standard InChI is InChI=1S/C46H85BN3O8P/c1-12-16-17-18-19-20-21-22-23-24-25-26-27-28-30(5)36(49-50-48)29-52-46-40(51)34(9)43(39(15-4)55-46)57-44-32(7)31(6)42(38(14-3)54-44)56-45-35(10)41(58-59(11)47)33(8)37(13-2)53-45/h27-28,30-46,51H,12-26,29H2,1-11H3/b28-27+/t30-,31-,32?,33+,34-,35?,36+,37?,38?,39?,40?,41+,42-,43+,44+,45+,46-,59?/m1/s1. The summed E-state index contributed by atoms with van der Waals surface area (Å²) in [5, 5.41) is 15.6. The van der Waals surface area contributed by atoms with Crippen molar-refractivity contribution in [1.82, 2.24) is 0 Å². The molecule has 2 radical (unpaired) electrons. The van der Waals surface area contributed by atoms with E-state index >= 15 is 0 Å². The highest BCUT2D eigenvalue weighted by atomic mass is 31.1. The normalized spacial score (nSPS) is 36.9. The summed E-state index contributed by atoms with van der Waals surface area (Å²) in [5.41, 5.74) is 9.37. The van der Waals surface area contributed by atoms with Gasteiger partial charge in [-0.05, 0) is 64.2 Å². The molecule has 3 heterocycles. The average Bonchev–Trinajstić information content (AvgIpc) is 3.22. The van der Waals surface area contributed by atoms with Crippen molar-refractivity contribution in [2.75, 3.05) is 13.3 Å². The number of hydrogen-bond acceptors (Lipinski definition) is 9. The van der Waals surface area contributed by atoms with Crippen LogP contribution in [0, 0.1) is 35.5 Å². The number of allylic oxidation sites excluding steroid dienone is 1. The van der Waals surface area contributed by atoms with E-state index in [1.165, 1.54) is 70.6 Å². The van der Waals surface area contributed by atoms with Crippen LogP contribution >= 0.6 is 8.03 Å². The van der Waals surface area contributed by atoms with Crippen LogP contribution in [-0.4, -0.2) is 93.6 Å². The van der Waals surface area contributed by atoms with Gasteiger partial charge >= 0.3 is 0 Å². The van der Waals surface area contributed by atoms with Crippen molar-refractivity contribution in [2.24, 2.45) is 40.6 Å². The number of azide groups is 1. The summed E-state index contributed by atoms with van der Waals surface area (Å²) in [5.74, 6) is -0.0140. The van der Waals surface area contributed by atoms with Gasteiger partial charge in [0.05, 0.1) is 49.3 Å². The molecule has 11 nitrogen and oxygen atoms in total. The molecule has 0 aromatic rings. The van der Waals surface area contributed by atoms with Crippen LogP contribution in [0.5, 0.6) is 0 Å². The van der Waals surface area contributed by atoms with E-state index in [9.17, 15) is 10.6 Å². The minimum absolute atomic E-state index is 0.00297. The lowest BCUT2D eigenvalue weighted by Crippen LogP contribution is -2.59. The molecule has 0 amide bonds. The fourth-order valence-corrected chi connectivity index (χ4v) is 10.0. The first kappa shape index (κ1) is 52.6. The summed E-state index contributed by atoms with van der Waals surface area (Å²) in [7, 11) is 5.14. The highest BCUT2D eigenvalue weighted by Crippen LogP contribution is 2.44. The number of rotatable bonds is 27. The molecule has 340 valence electrons. The van der Waals surface area contributed by atoms with Gasteiger partial charge in [0.25, 0.3) is 0 Å². The van der Waals surface area contributed by atoms with Crippen LogP contribution in [0.25, 0.3) is 10.4 Å². The van der Waals surface area contributed by atoms with Gasteiger partial charge in [-0.1, -0.05) is 151 Å². The van der Waals surface area contributed by atoms with Crippen LogP contribution in [0.4, 0.5) is 0 Å². The lowest BCUT2D eigenvalue weighted by atomic mass is 9.82. The highest BCUT2D eigenvalue weighted by Gasteiger charge is 2.50. The Morgan fingerprint density at radius 1 is 0.695 bits per heavy atom. The Morgan fingerprint density at radius 2 is 1.20 bits per heavy atom. The first-order valence-electron chi connectivity index (χ1n) is 23.8. The van der Waals surface area contributed by atoms with E-state index in [0.29, 0.717) is 6.42 Å². The minimum Gasteiger partial charge on any atom is -0.387 e. The second-order valence-corrected chi connectivity index (χ2v) is 19.5. The Bertz CT molecular complexity index is 1210. The fraction of sp³-hybridized carbons (Fsp3) is 0.957. The van der Waals surface area contributed by atoms with Gasteiger partial charge in [0.2, 0.25) is 0 Å². The SMILES string of the molecule is [B]P(C)O[C@@H]1C(C)[C@H](O[C@H]2C(CC)O[C@@H](O[C@@H]3C(CC)O[C@@H](OC[C@H](N=[N+]=[N-])[C@H](C)/C=C/CCCCCCCCCCCCC)C(O)[C@H]3C)C(C)[C@H]2C)OC(CC)[C@@H]1C. The Balaban J connectivity index is 1.52. The molecule has 3 rings (SSSR count). The van der Waals surface area contributed by atoms with E-state index in [1.54, 1.807) is 0 Å². The molecule has 0 aliphatic carbocycles. The zero-order valence-electron chi connectivity index (χ0n) is 39.0. The lowest BCUT2D eigenvalue weighted by Gasteiger charge is -2.51. The van der Waals surface area contributed by atoms with Crippen LogP contribution in [0.1, 0.15) is 166 Å². The number of nitrogens with zero attached hydrogens (tertiary/aromatic N) is 3. The molecule has 0 spiro atoms. The smallest absolute Gasteiger partial charge is 0.184 e. The Labute approximate surface area is 362 Å². The van der Waals surface area contributed by atoms with Crippen molar-refractivity contribution in [3.8, 4) is 0 Å². The zero-order chi connectivity index (χ0) is 43.5. The molecule has 7 unspecified atom stereocenters. The number of aliphatic hydroxyl groups is 1. The molecule has 0 bridgehead atoms. The Kier molecular flexibility index (Phi) is 25.0. The molecule has 0 aromatic carbocycles. The largest absolute Gasteiger partial charge is 0.387 e. The minimum atomic E-state index is -1.02. The van der Waals surface area contributed by atoms with Crippen LogP contribution in [0.15, 0.2) is 17.3 Å². The molecule has 1 N–H and O–H groups in total. The van der Waals surface area contributed by atoms with Crippen molar-refractivity contribution in [3.63, 3.8) is 0 Å². The monoisotopic (exact) mass is 850 g/mol. The van der Waals surface area contributed by atoms with Crippen molar-refractivity contribution in [3.05, 3.63) is 22.6 Å². The first-order valence-corrected chi connectivity index (χ1v) is 25.5. The summed E-state index contributed by atoms with van der Waals surface area (Å²) >= 11 is 0. The molecule has 18 atom stereocenters. The van der Waals surface area contributed by atoms with Gasteiger partial charge in [0.1, 0.15) is 13.7 Å². The number of ether oxygens (including phenoxy) is 6. The third-order valence-corrected chi connectivity index (χ3v) is 14.1. The topological polar surface area (TPSA) is 134 Å². The fourth-order valence-electron chi connectivity index (χ4n) is 9.24. The summed E-state index contributed by atoms with van der Waals surface area (Å²) in [6.45, 7) is 23.3. The Morgan fingerprint density at radius 3 is 1.75 bits per heavy atom. The maximum absolute atomic E-state index is 11.5. The molecule has 59 heavy (non-hydrogen) atoms. The van der Waals surface area contributed by atoms with Gasteiger partial charge in [-0.2, -0.15) is 0 Å². The first-order chi connectivity index (χ1) is 28.3. The zero-order valence-corrected chi connectivity index (χ0v) is 39.8. The van der Waals surface area contributed by atoms with E-state index in [0.717, 1.165) is 19.3 Å². The van der Waals surface area contributed by atoms with Crippen LogP contribution < -0.4 is 0 Å². The molecule has 3 fully saturated rings. The van der Waals surface area contributed by atoms with Gasteiger partial charge in [-0.25, -0.2) is 0 Å². The summed E-state index contributed by atoms with van der Waals surface area (Å²) in [6.07, 6.45) is 18.2. The highest BCUT2D eigenvalue weighted by molar-refractivity contribution is 7.77. The molecule has 13 heteroatoms. The number of unbranched alkanes of at least 4 members (excludes halogenated alkanes) is 11. The molecule has 0 saturated carbocycles. The Hall–Kier alpha value is -0.775. The van der Waals surface area contributed by atoms with E-state index in [-0.39, 0.29) is 72.6 Å². The molecule has 3 aliphatic rings. The van der Waals surface area contributed by atoms with Gasteiger partial charge in [-0.15, -0.1) is 0 Å². The van der Waals surface area contributed by atoms with Crippen molar-refractivity contribution >= 4 is 15.6 Å². The van der Waals surface area contributed by atoms with Crippen LogP contribution in [-0.2, 0) is 32.9 Å². The second kappa shape index (κ2) is 28.1. The number of hydrogen-bond donors (Lipinski definition) is 1. The van der Waals surface area contributed by atoms with E-state index < -0.39 is 45.1 Å². The summed E-state index contributed by atoms with van der Waals surface area (Å²) < 4.78 is 45.9. The molecular weight excluding hydrogens is 764 g/mol. The van der Waals surface area contributed by atoms with Crippen molar-refractivity contribution in [1.29, 1.82) is 0 Å². The third kappa shape index (κ3) is 16.1. The molecule has 0 aromatic heterocycles. The van der Waals surface area contributed by atoms with Crippen molar-refractivity contribution in [2.45, 2.75) is 233 Å². The van der Waals surface area contributed by atoms with E-state index in [2.05, 4.69) is 77.6 Å². The van der Waals surface area contributed by atoms with Crippen LogP contribution in [0.2, 0.25) is 0 Å². The van der Waals surface area contributed by atoms with Gasteiger partial charge in [-0.3, -0.25) is 0 Å². The summed E-state index contributed by atoms with van der Waals surface area (Å²) in [4.78, 5) is 3.12. The van der Waals surface area contributed by atoms with E-state index in [1.807, 2.05) is 20.5 Å². The van der Waals surface area contributed by atoms with Gasteiger partial charge in [0, 0.05) is 28.6 Å². The lowest BCUT2D eigenvalue weighted by molar-refractivity contribution is -0.353. The molecule has 3 aliphatic heterocycles. The maximum Gasteiger partial charge on any atom is 0.184 e.